The molecule has 2 bridgehead atoms. The molecule has 4 saturated carbocycles. The lowest BCUT2D eigenvalue weighted by atomic mass is 9.37. The van der Waals surface area contributed by atoms with E-state index in [-0.39, 0.29) is 45.8 Å². The maximum absolute atomic E-state index is 12.0. The van der Waals surface area contributed by atoms with E-state index >= 15 is 0 Å². The third kappa shape index (κ3) is 2.69. The van der Waals surface area contributed by atoms with Gasteiger partial charge in [0.15, 0.2) is 0 Å². The molecule has 1 spiro atoms. The second-order valence-corrected chi connectivity index (χ2v) is 11.6. The molecule has 0 saturated heterocycles. The van der Waals surface area contributed by atoms with Gasteiger partial charge in [-0.2, -0.15) is 0 Å². The summed E-state index contributed by atoms with van der Waals surface area (Å²) in [7, 11) is 0. The first kappa shape index (κ1) is 20.2. The highest BCUT2D eigenvalue weighted by molar-refractivity contribution is 5.66. The van der Waals surface area contributed by atoms with Crippen molar-refractivity contribution >= 4 is 11.9 Å². The Morgan fingerprint density at radius 1 is 0.857 bits per heavy atom. The number of carbonyl (C=O) groups is 2. The van der Waals surface area contributed by atoms with Crippen LogP contribution >= 0.6 is 0 Å². The molecule has 0 aromatic rings. The number of rotatable bonds is 2. The predicted molar refractivity (Wildman–Crippen MR) is 107 cm³/mol. The summed E-state index contributed by atoms with van der Waals surface area (Å²) in [4.78, 5) is 23.8. The largest absolute Gasteiger partial charge is 0.462 e. The van der Waals surface area contributed by atoms with E-state index in [4.69, 9.17) is 9.47 Å². The highest BCUT2D eigenvalue weighted by atomic mass is 16.5. The van der Waals surface area contributed by atoms with E-state index in [1.165, 1.54) is 39.5 Å². The van der Waals surface area contributed by atoms with Crippen LogP contribution in [0, 0.1) is 33.5 Å². The quantitative estimate of drug-likeness (QED) is 0.602. The van der Waals surface area contributed by atoms with Gasteiger partial charge in [-0.3, -0.25) is 9.59 Å². The fourth-order valence-electron chi connectivity index (χ4n) is 8.58. The van der Waals surface area contributed by atoms with E-state index in [2.05, 4.69) is 27.7 Å². The molecule has 0 heterocycles. The lowest BCUT2D eigenvalue weighted by Crippen LogP contribution is -2.64. The Morgan fingerprint density at radius 2 is 1.54 bits per heavy atom. The first-order valence-corrected chi connectivity index (χ1v) is 11.3. The lowest BCUT2D eigenvalue weighted by molar-refractivity contribution is -0.234. The van der Waals surface area contributed by atoms with Crippen molar-refractivity contribution in [3.05, 3.63) is 0 Å². The molecule has 28 heavy (non-hydrogen) atoms. The van der Waals surface area contributed by atoms with E-state index in [0.29, 0.717) is 11.8 Å². The van der Waals surface area contributed by atoms with Crippen molar-refractivity contribution in [2.24, 2.45) is 33.5 Å². The standard InChI is InChI=1S/C24H38O4/c1-15(25)27-18-13-19-21(3,4)8-7-9-23(19,6)24-11-10-22(5,14-24)20(12-17(18)24)28-16(2)26/h17-20H,7-14H2,1-6H3/t17-,18+,19+,20-,22-,23+,24+/m1/s1. The average molecular weight is 391 g/mol. The Hall–Kier alpha value is -1.06. The van der Waals surface area contributed by atoms with E-state index in [1.54, 1.807) is 0 Å². The van der Waals surface area contributed by atoms with E-state index in [1.807, 2.05) is 0 Å². The Labute approximate surface area is 170 Å². The highest BCUT2D eigenvalue weighted by Crippen LogP contribution is 2.76. The maximum atomic E-state index is 12.0. The van der Waals surface area contributed by atoms with Crippen molar-refractivity contribution < 1.29 is 19.1 Å². The van der Waals surface area contributed by atoms with Crippen LogP contribution in [0.15, 0.2) is 0 Å². The van der Waals surface area contributed by atoms with Gasteiger partial charge in [-0.1, -0.05) is 34.1 Å². The van der Waals surface area contributed by atoms with Crippen molar-refractivity contribution in [1.82, 2.24) is 0 Å². The van der Waals surface area contributed by atoms with E-state index < -0.39 is 0 Å². The van der Waals surface area contributed by atoms with Crippen LogP contribution in [0.1, 0.15) is 92.9 Å². The molecule has 4 rings (SSSR count). The van der Waals surface area contributed by atoms with Gasteiger partial charge in [0.2, 0.25) is 0 Å². The fourth-order valence-corrected chi connectivity index (χ4v) is 8.58. The predicted octanol–water partition coefficient (Wildman–Crippen LogP) is 5.28. The number of fused-ring (bicyclic) bond motifs is 2. The lowest BCUT2D eigenvalue weighted by Gasteiger charge is -2.68. The van der Waals surface area contributed by atoms with Crippen molar-refractivity contribution in [1.29, 1.82) is 0 Å². The van der Waals surface area contributed by atoms with Gasteiger partial charge in [0.1, 0.15) is 12.2 Å². The van der Waals surface area contributed by atoms with Gasteiger partial charge in [-0.25, -0.2) is 0 Å². The molecular weight excluding hydrogens is 352 g/mol. The minimum atomic E-state index is -0.187. The van der Waals surface area contributed by atoms with Gasteiger partial charge in [0, 0.05) is 25.2 Å². The SMILES string of the molecule is CC(=O)O[C@H]1C[C@H]2C(C)(C)CCC[C@]2(C)[C@@]23CC[C@](C)(C2)[C@H](OC(C)=O)C[C@H]13. The van der Waals surface area contributed by atoms with Crippen LogP contribution < -0.4 is 0 Å². The molecule has 7 atom stereocenters. The van der Waals surface area contributed by atoms with Gasteiger partial charge in [-0.05, 0) is 67.1 Å². The number of carbonyl (C=O) groups excluding carboxylic acids is 2. The summed E-state index contributed by atoms with van der Waals surface area (Å²) in [5.41, 5.74) is 0.792. The van der Waals surface area contributed by atoms with E-state index in [9.17, 15) is 9.59 Å². The van der Waals surface area contributed by atoms with Crippen molar-refractivity contribution in [2.45, 2.75) is 105 Å². The molecule has 0 unspecified atom stereocenters. The van der Waals surface area contributed by atoms with E-state index in [0.717, 1.165) is 25.7 Å². The van der Waals surface area contributed by atoms with Gasteiger partial charge in [0.25, 0.3) is 0 Å². The second-order valence-electron chi connectivity index (χ2n) is 11.6. The summed E-state index contributed by atoms with van der Waals surface area (Å²) in [5, 5.41) is 0. The Balaban J connectivity index is 1.79. The number of hydrogen-bond acceptors (Lipinski definition) is 4. The molecule has 4 nitrogen and oxygen atoms in total. The smallest absolute Gasteiger partial charge is 0.302 e. The van der Waals surface area contributed by atoms with Crippen molar-refractivity contribution in [2.75, 3.05) is 0 Å². The van der Waals surface area contributed by atoms with Gasteiger partial charge in [0.05, 0.1) is 0 Å². The first-order valence-electron chi connectivity index (χ1n) is 11.3. The second kappa shape index (κ2) is 6.22. The minimum Gasteiger partial charge on any atom is -0.462 e. The Morgan fingerprint density at radius 3 is 2.18 bits per heavy atom. The summed E-state index contributed by atoms with van der Waals surface area (Å²) in [6.45, 7) is 12.8. The zero-order valence-corrected chi connectivity index (χ0v) is 18.6. The van der Waals surface area contributed by atoms with Gasteiger partial charge >= 0.3 is 11.9 Å². The van der Waals surface area contributed by atoms with Crippen LogP contribution in [0.5, 0.6) is 0 Å². The summed E-state index contributed by atoms with van der Waals surface area (Å²) in [6.07, 6.45) is 8.90. The van der Waals surface area contributed by atoms with Crippen LogP contribution in [-0.4, -0.2) is 24.1 Å². The van der Waals surface area contributed by atoms with Crippen molar-refractivity contribution in [3.63, 3.8) is 0 Å². The third-order valence-corrected chi connectivity index (χ3v) is 9.73. The first-order chi connectivity index (χ1) is 12.9. The minimum absolute atomic E-state index is 0.0475. The maximum Gasteiger partial charge on any atom is 0.302 e. The highest BCUT2D eigenvalue weighted by Gasteiger charge is 2.72. The summed E-state index contributed by atoms with van der Waals surface area (Å²) in [5.74, 6) is 0.509. The number of ether oxygens (including phenoxy) is 2. The molecule has 4 aliphatic rings. The summed E-state index contributed by atoms with van der Waals surface area (Å²) >= 11 is 0. The van der Waals surface area contributed by atoms with Crippen LogP contribution in [-0.2, 0) is 19.1 Å². The number of esters is 2. The van der Waals surface area contributed by atoms with Crippen molar-refractivity contribution in [3.8, 4) is 0 Å². The zero-order valence-electron chi connectivity index (χ0n) is 18.6. The van der Waals surface area contributed by atoms with Gasteiger partial charge < -0.3 is 9.47 Å². The third-order valence-electron chi connectivity index (χ3n) is 9.73. The zero-order chi connectivity index (χ0) is 20.5. The Kier molecular flexibility index (Phi) is 4.49. The van der Waals surface area contributed by atoms with Crippen LogP contribution in [0.2, 0.25) is 0 Å². The Bertz CT molecular complexity index is 684. The molecule has 0 aliphatic heterocycles. The summed E-state index contributed by atoms with van der Waals surface area (Å²) in [6, 6.07) is 0. The molecule has 158 valence electrons. The topological polar surface area (TPSA) is 52.6 Å². The molecule has 0 radical (unpaired) electrons. The normalized spacial score (nSPS) is 48.9. The summed E-state index contributed by atoms with van der Waals surface area (Å²) < 4.78 is 11.9. The molecule has 0 aromatic carbocycles. The molecule has 0 amide bonds. The van der Waals surface area contributed by atoms with Crippen LogP contribution in [0.3, 0.4) is 0 Å². The van der Waals surface area contributed by atoms with Gasteiger partial charge in [-0.15, -0.1) is 0 Å². The fraction of sp³-hybridized carbons (Fsp3) is 0.917. The molecule has 4 heteroatoms. The molecular formula is C24H38O4. The van der Waals surface area contributed by atoms with Crippen LogP contribution in [0.25, 0.3) is 0 Å². The van der Waals surface area contributed by atoms with Crippen LogP contribution in [0.4, 0.5) is 0 Å². The number of hydrogen-bond donors (Lipinski definition) is 0. The average Bonchev–Trinajstić information content (AvgIpc) is 2.87. The molecule has 0 aromatic heterocycles. The molecule has 4 fully saturated rings. The molecule has 4 aliphatic carbocycles. The monoisotopic (exact) mass is 390 g/mol. The molecule has 0 N–H and O–H groups in total.